The van der Waals surface area contributed by atoms with Crippen molar-refractivity contribution >= 4 is 29.3 Å². The van der Waals surface area contributed by atoms with Crippen LogP contribution in [0.25, 0.3) is 5.69 Å². The Labute approximate surface area is 239 Å². The van der Waals surface area contributed by atoms with E-state index >= 15 is 0 Å². The van der Waals surface area contributed by atoms with Crippen LogP contribution in [0.4, 0.5) is 5.69 Å². The predicted molar refractivity (Wildman–Crippen MR) is 159 cm³/mol. The summed E-state index contributed by atoms with van der Waals surface area (Å²) in [6, 6.07) is 21.1. The molecule has 1 aromatic heterocycles. The highest BCUT2D eigenvalue weighted by molar-refractivity contribution is 7.99. The Balaban J connectivity index is 1.53. The lowest BCUT2D eigenvalue weighted by atomic mass is 9.87. The van der Waals surface area contributed by atoms with Gasteiger partial charge in [-0.1, -0.05) is 68.9 Å². The summed E-state index contributed by atoms with van der Waals surface area (Å²) in [4.78, 5) is 25.8. The maximum atomic E-state index is 12.9. The molecule has 4 aromatic rings. The van der Waals surface area contributed by atoms with Crippen LogP contribution in [0.5, 0.6) is 5.75 Å². The molecule has 2 N–H and O–H groups in total. The monoisotopic (exact) mass is 557 g/mol. The van der Waals surface area contributed by atoms with Gasteiger partial charge in [0, 0.05) is 11.3 Å². The summed E-state index contributed by atoms with van der Waals surface area (Å²) in [5.74, 6) is 0.905. The largest absolute Gasteiger partial charge is 0.495 e. The number of hydrogen-bond donors (Lipinski definition) is 2. The second kappa shape index (κ2) is 12.4. The lowest BCUT2D eigenvalue weighted by molar-refractivity contribution is -0.113. The van der Waals surface area contributed by atoms with Gasteiger partial charge in [0.1, 0.15) is 5.75 Å². The second-order valence-corrected chi connectivity index (χ2v) is 11.5. The smallest absolute Gasteiger partial charge is 0.251 e. The number of nitrogens with one attached hydrogen (secondary N) is 2. The molecule has 0 aliphatic heterocycles. The van der Waals surface area contributed by atoms with E-state index in [9.17, 15) is 9.59 Å². The minimum atomic E-state index is -0.211. The summed E-state index contributed by atoms with van der Waals surface area (Å²) < 4.78 is 7.41. The number of thioether (sulfide) groups is 1. The molecule has 0 radical (unpaired) electrons. The quantitative estimate of drug-likeness (QED) is 0.251. The second-order valence-electron chi connectivity index (χ2n) is 10.6. The van der Waals surface area contributed by atoms with Crippen molar-refractivity contribution in [1.29, 1.82) is 0 Å². The van der Waals surface area contributed by atoms with Crippen LogP contribution in [0.1, 0.15) is 53.6 Å². The van der Waals surface area contributed by atoms with Crippen LogP contribution in [-0.2, 0) is 16.8 Å². The fourth-order valence-electron chi connectivity index (χ4n) is 4.13. The van der Waals surface area contributed by atoms with E-state index in [0.717, 1.165) is 22.4 Å². The van der Waals surface area contributed by atoms with E-state index in [1.165, 1.54) is 11.8 Å². The first kappa shape index (κ1) is 28.9. The van der Waals surface area contributed by atoms with E-state index in [1.54, 1.807) is 7.11 Å². The van der Waals surface area contributed by atoms with Crippen molar-refractivity contribution in [2.24, 2.45) is 0 Å². The minimum Gasteiger partial charge on any atom is -0.495 e. The molecule has 0 saturated carbocycles. The van der Waals surface area contributed by atoms with Crippen LogP contribution in [0.2, 0.25) is 0 Å². The molecule has 0 aliphatic carbocycles. The molecule has 208 valence electrons. The zero-order valence-corrected chi connectivity index (χ0v) is 24.6. The van der Waals surface area contributed by atoms with Crippen molar-refractivity contribution in [3.05, 3.63) is 94.8 Å². The van der Waals surface area contributed by atoms with Gasteiger partial charge >= 0.3 is 0 Å². The fraction of sp³-hybridized carbons (Fsp3) is 0.290. The highest BCUT2D eigenvalue weighted by Crippen LogP contribution is 2.29. The number of carbonyl (C=O) groups is 2. The van der Waals surface area contributed by atoms with Crippen LogP contribution >= 0.6 is 11.8 Å². The molecule has 4 rings (SSSR count). The van der Waals surface area contributed by atoms with Gasteiger partial charge in [-0.2, -0.15) is 0 Å². The Morgan fingerprint density at radius 3 is 2.40 bits per heavy atom. The third-order valence-electron chi connectivity index (χ3n) is 6.45. The first-order valence-electron chi connectivity index (χ1n) is 13.0. The van der Waals surface area contributed by atoms with Crippen LogP contribution in [0, 0.1) is 13.8 Å². The predicted octanol–water partition coefficient (Wildman–Crippen LogP) is 5.85. The summed E-state index contributed by atoms with van der Waals surface area (Å²) in [6.45, 7) is 10.5. The number of aromatic nitrogens is 3. The van der Waals surface area contributed by atoms with Gasteiger partial charge in [0.2, 0.25) is 5.91 Å². The molecule has 0 bridgehead atoms. The number of carbonyl (C=O) groups excluding carboxylic acids is 2. The average Bonchev–Trinajstić information content (AvgIpc) is 3.34. The molecule has 0 spiro atoms. The molecule has 1 heterocycles. The van der Waals surface area contributed by atoms with Crippen LogP contribution in [-0.4, -0.2) is 39.4 Å². The normalized spacial score (nSPS) is 11.2. The van der Waals surface area contributed by atoms with Crippen molar-refractivity contribution < 1.29 is 14.3 Å². The SMILES string of the molecule is COc1ccccc1-n1c(CNC(=O)c2ccc(C(C)(C)C)cc2)nnc1SCC(=O)Nc1cc(C)ccc1C. The molecular formula is C31H35N5O3S. The maximum absolute atomic E-state index is 12.9. The van der Waals surface area contributed by atoms with Gasteiger partial charge in [0.05, 0.1) is 25.1 Å². The van der Waals surface area contributed by atoms with Crippen molar-refractivity contribution in [3.8, 4) is 11.4 Å². The fourth-order valence-corrected chi connectivity index (χ4v) is 4.90. The van der Waals surface area contributed by atoms with E-state index < -0.39 is 0 Å². The summed E-state index contributed by atoms with van der Waals surface area (Å²) >= 11 is 1.26. The maximum Gasteiger partial charge on any atom is 0.251 e. The molecule has 3 aromatic carbocycles. The first-order chi connectivity index (χ1) is 19.1. The summed E-state index contributed by atoms with van der Waals surface area (Å²) in [6.07, 6.45) is 0. The van der Waals surface area contributed by atoms with Gasteiger partial charge in [0.15, 0.2) is 11.0 Å². The van der Waals surface area contributed by atoms with Crippen LogP contribution in [0.15, 0.2) is 71.9 Å². The van der Waals surface area contributed by atoms with Gasteiger partial charge in [-0.25, -0.2) is 0 Å². The summed E-state index contributed by atoms with van der Waals surface area (Å²) in [5, 5.41) is 15.2. The van der Waals surface area contributed by atoms with Gasteiger partial charge in [-0.05, 0) is 66.3 Å². The Bertz CT molecular complexity index is 1510. The third kappa shape index (κ3) is 6.90. The number of aryl methyl sites for hydroxylation is 2. The van der Waals surface area contributed by atoms with Crippen molar-refractivity contribution in [2.75, 3.05) is 18.2 Å². The van der Waals surface area contributed by atoms with E-state index in [1.807, 2.05) is 85.1 Å². The number of para-hydroxylation sites is 2. The van der Waals surface area contributed by atoms with Gasteiger partial charge in [-0.3, -0.25) is 14.2 Å². The molecule has 0 atom stereocenters. The number of anilines is 1. The zero-order chi connectivity index (χ0) is 28.9. The molecular weight excluding hydrogens is 522 g/mol. The molecule has 9 heteroatoms. The number of benzene rings is 3. The van der Waals surface area contributed by atoms with E-state index in [-0.39, 0.29) is 29.5 Å². The Hall–Kier alpha value is -4.11. The van der Waals surface area contributed by atoms with Gasteiger partial charge in [0.25, 0.3) is 5.91 Å². The lowest BCUT2D eigenvalue weighted by Crippen LogP contribution is -2.25. The summed E-state index contributed by atoms with van der Waals surface area (Å²) in [5.41, 5.74) is 5.29. The van der Waals surface area contributed by atoms with Crippen LogP contribution in [0.3, 0.4) is 0 Å². The van der Waals surface area contributed by atoms with Crippen molar-refractivity contribution in [3.63, 3.8) is 0 Å². The molecule has 0 saturated heterocycles. The number of amides is 2. The van der Waals surface area contributed by atoms with Crippen molar-refractivity contribution in [2.45, 2.75) is 51.7 Å². The molecule has 8 nitrogen and oxygen atoms in total. The Morgan fingerprint density at radius 2 is 1.70 bits per heavy atom. The van der Waals surface area contributed by atoms with E-state index in [0.29, 0.717) is 28.0 Å². The number of hydrogen-bond acceptors (Lipinski definition) is 6. The summed E-state index contributed by atoms with van der Waals surface area (Å²) in [7, 11) is 1.59. The van der Waals surface area contributed by atoms with Crippen molar-refractivity contribution in [1.82, 2.24) is 20.1 Å². The number of methoxy groups -OCH3 is 1. The Kier molecular flexibility index (Phi) is 8.94. The molecule has 0 aliphatic rings. The molecule has 40 heavy (non-hydrogen) atoms. The topological polar surface area (TPSA) is 98.1 Å². The Morgan fingerprint density at radius 1 is 0.975 bits per heavy atom. The molecule has 2 amide bonds. The number of nitrogens with zero attached hydrogens (tertiary/aromatic N) is 3. The van der Waals surface area contributed by atoms with E-state index in [2.05, 4.69) is 41.6 Å². The first-order valence-corrected chi connectivity index (χ1v) is 14.0. The highest BCUT2D eigenvalue weighted by Gasteiger charge is 2.20. The van der Waals surface area contributed by atoms with Gasteiger partial charge in [-0.15, -0.1) is 10.2 Å². The third-order valence-corrected chi connectivity index (χ3v) is 7.38. The van der Waals surface area contributed by atoms with Gasteiger partial charge < -0.3 is 15.4 Å². The number of ether oxygens (including phenoxy) is 1. The standard InChI is InChI=1S/C31H35N5O3S/c1-20-11-12-21(2)24(17-20)33-28(37)19-40-30-35-34-27(36(30)25-9-7-8-10-26(25)39-6)18-32-29(38)22-13-15-23(16-14-22)31(3,4)5/h7-17H,18-19H2,1-6H3,(H,32,38)(H,33,37). The van der Waals surface area contributed by atoms with E-state index in [4.69, 9.17) is 4.74 Å². The molecule has 0 unspecified atom stereocenters. The average molecular weight is 558 g/mol. The minimum absolute atomic E-state index is 0.00397. The zero-order valence-electron chi connectivity index (χ0n) is 23.7. The molecule has 0 fully saturated rings. The van der Waals surface area contributed by atoms with Crippen LogP contribution < -0.4 is 15.4 Å². The number of rotatable bonds is 9. The highest BCUT2D eigenvalue weighted by atomic mass is 32.2. The lowest BCUT2D eigenvalue weighted by Gasteiger charge is -2.19.